The highest BCUT2D eigenvalue weighted by atomic mass is 35.5. The van der Waals surface area contributed by atoms with Gasteiger partial charge in [0, 0.05) is 12.6 Å². The van der Waals surface area contributed by atoms with E-state index < -0.39 is 17.9 Å². The molecule has 1 aromatic carbocycles. The summed E-state index contributed by atoms with van der Waals surface area (Å²) in [5.41, 5.74) is 5.97. The summed E-state index contributed by atoms with van der Waals surface area (Å²) in [6, 6.07) is 1.84. The maximum Gasteiger partial charge on any atom is 0.326 e. The van der Waals surface area contributed by atoms with Crippen LogP contribution in [0.1, 0.15) is 23.7 Å². The molecule has 1 rings (SSSR count). The maximum absolute atomic E-state index is 12.2. The molecule has 0 bridgehead atoms. The van der Waals surface area contributed by atoms with E-state index in [0.29, 0.717) is 6.42 Å². The zero-order valence-electron chi connectivity index (χ0n) is 10.5. The molecule has 1 atom stereocenters. The van der Waals surface area contributed by atoms with Crippen molar-refractivity contribution in [3.63, 3.8) is 0 Å². The molecule has 0 aromatic heterocycles. The van der Waals surface area contributed by atoms with Crippen molar-refractivity contribution in [1.82, 2.24) is 4.90 Å². The van der Waals surface area contributed by atoms with Crippen molar-refractivity contribution in [3.05, 3.63) is 27.7 Å². The lowest BCUT2D eigenvalue weighted by molar-refractivity contribution is -0.142. The van der Waals surface area contributed by atoms with Gasteiger partial charge in [-0.05, 0) is 18.6 Å². The fourth-order valence-corrected chi connectivity index (χ4v) is 2.15. The molecule has 7 heteroatoms. The Kier molecular flexibility index (Phi) is 5.03. The number of nitrogens with two attached hydrogens (primary N) is 1. The van der Waals surface area contributed by atoms with Gasteiger partial charge in [0.15, 0.2) is 0 Å². The number of amides is 1. The average molecular weight is 305 g/mol. The molecule has 104 valence electrons. The van der Waals surface area contributed by atoms with E-state index in [-0.39, 0.29) is 21.3 Å². The Bertz CT molecular complexity index is 497. The lowest BCUT2D eigenvalue weighted by Gasteiger charge is -2.24. The van der Waals surface area contributed by atoms with E-state index in [2.05, 4.69) is 0 Å². The highest BCUT2D eigenvalue weighted by Crippen LogP contribution is 2.29. The highest BCUT2D eigenvalue weighted by Gasteiger charge is 2.26. The fourth-order valence-electron chi connectivity index (χ4n) is 1.67. The molecule has 5 nitrogen and oxygen atoms in total. The summed E-state index contributed by atoms with van der Waals surface area (Å²) >= 11 is 11.7. The zero-order valence-corrected chi connectivity index (χ0v) is 12.0. The van der Waals surface area contributed by atoms with E-state index in [1.807, 2.05) is 0 Å². The summed E-state index contributed by atoms with van der Waals surface area (Å²) in [5, 5.41) is 9.35. The highest BCUT2D eigenvalue weighted by molar-refractivity contribution is 6.39. The van der Waals surface area contributed by atoms with Gasteiger partial charge in [0.25, 0.3) is 5.91 Å². The number of carbonyl (C=O) groups is 2. The van der Waals surface area contributed by atoms with Crippen LogP contribution in [0.25, 0.3) is 0 Å². The van der Waals surface area contributed by atoms with Gasteiger partial charge >= 0.3 is 5.97 Å². The van der Waals surface area contributed by atoms with E-state index in [9.17, 15) is 9.59 Å². The Hall–Kier alpha value is -1.46. The van der Waals surface area contributed by atoms with E-state index in [4.69, 9.17) is 34.0 Å². The van der Waals surface area contributed by atoms with E-state index in [0.717, 1.165) is 4.90 Å². The largest absolute Gasteiger partial charge is 0.480 e. The summed E-state index contributed by atoms with van der Waals surface area (Å²) < 4.78 is 0. The van der Waals surface area contributed by atoms with Gasteiger partial charge in [0.1, 0.15) is 6.04 Å². The van der Waals surface area contributed by atoms with Crippen molar-refractivity contribution in [1.29, 1.82) is 0 Å². The second-order valence-corrected chi connectivity index (χ2v) is 4.85. The minimum Gasteiger partial charge on any atom is -0.480 e. The second-order valence-electron chi connectivity index (χ2n) is 4.03. The van der Waals surface area contributed by atoms with Gasteiger partial charge in [-0.25, -0.2) is 4.79 Å². The molecule has 0 aliphatic heterocycles. The number of rotatable bonds is 4. The zero-order chi connectivity index (χ0) is 14.7. The molecule has 0 saturated heterocycles. The number of aliphatic carboxylic acids is 1. The molecule has 0 fully saturated rings. The molecule has 0 aliphatic rings. The van der Waals surface area contributed by atoms with E-state index >= 15 is 0 Å². The normalized spacial score (nSPS) is 12.0. The summed E-state index contributed by atoms with van der Waals surface area (Å²) in [6.45, 7) is 1.69. The van der Waals surface area contributed by atoms with Gasteiger partial charge in [-0.15, -0.1) is 0 Å². The van der Waals surface area contributed by atoms with Crippen molar-refractivity contribution in [2.75, 3.05) is 12.8 Å². The average Bonchev–Trinajstić information content (AvgIpc) is 2.34. The van der Waals surface area contributed by atoms with Crippen LogP contribution < -0.4 is 5.73 Å². The van der Waals surface area contributed by atoms with Crippen LogP contribution in [0.5, 0.6) is 0 Å². The number of benzene rings is 1. The Morgan fingerprint density at radius 2 is 1.84 bits per heavy atom. The Balaban J connectivity index is 3.10. The first kappa shape index (κ1) is 15.6. The lowest BCUT2D eigenvalue weighted by Crippen LogP contribution is -2.41. The molecule has 1 unspecified atom stereocenters. The quantitative estimate of drug-likeness (QED) is 0.837. The number of halogens is 2. The molecule has 0 aliphatic carbocycles. The minimum absolute atomic E-state index is 0.160. The maximum atomic E-state index is 12.2. The van der Waals surface area contributed by atoms with Gasteiger partial charge in [-0.1, -0.05) is 30.1 Å². The summed E-state index contributed by atoms with van der Waals surface area (Å²) in [5.74, 6) is -1.54. The van der Waals surface area contributed by atoms with Gasteiger partial charge < -0.3 is 15.7 Å². The van der Waals surface area contributed by atoms with Gasteiger partial charge in [0.2, 0.25) is 0 Å². The van der Waals surface area contributed by atoms with E-state index in [1.165, 1.54) is 19.2 Å². The molecule has 0 spiro atoms. The molecule has 1 amide bonds. The Morgan fingerprint density at radius 3 is 2.21 bits per heavy atom. The predicted octanol–water partition coefficient (Wildman–Crippen LogP) is 2.51. The number of carboxylic acids is 1. The fraction of sp³-hybridized carbons (Fsp3) is 0.333. The summed E-state index contributed by atoms with van der Waals surface area (Å²) in [7, 11) is 1.42. The molecule has 0 heterocycles. The number of likely N-dealkylation sites (N-methyl/N-ethyl adjacent to an activating group) is 1. The third-order valence-electron chi connectivity index (χ3n) is 2.79. The molecule has 1 aromatic rings. The van der Waals surface area contributed by atoms with Crippen LogP contribution in [-0.4, -0.2) is 35.0 Å². The number of nitrogens with zero attached hydrogens (tertiary/aromatic N) is 1. The van der Waals surface area contributed by atoms with Crippen LogP contribution in [0.3, 0.4) is 0 Å². The van der Waals surface area contributed by atoms with Crippen LogP contribution in [0.15, 0.2) is 12.1 Å². The van der Waals surface area contributed by atoms with Crippen LogP contribution in [-0.2, 0) is 4.79 Å². The molecule has 0 radical (unpaired) electrons. The summed E-state index contributed by atoms with van der Waals surface area (Å²) in [4.78, 5) is 24.3. The molecule has 19 heavy (non-hydrogen) atoms. The summed E-state index contributed by atoms with van der Waals surface area (Å²) in [6.07, 6.45) is 0.300. The number of hydrogen-bond acceptors (Lipinski definition) is 3. The van der Waals surface area contributed by atoms with Crippen molar-refractivity contribution in [3.8, 4) is 0 Å². The molecular formula is C12H14Cl2N2O3. The van der Waals surface area contributed by atoms with Crippen LogP contribution >= 0.6 is 23.2 Å². The second kappa shape index (κ2) is 6.12. The third-order valence-corrected chi connectivity index (χ3v) is 3.41. The smallest absolute Gasteiger partial charge is 0.326 e. The van der Waals surface area contributed by atoms with E-state index in [1.54, 1.807) is 6.92 Å². The third kappa shape index (κ3) is 3.30. The standard InChI is InChI=1S/C12H14Cl2N2O3/c1-3-9(12(18)19)16(2)11(17)6-4-7(13)10(15)8(14)5-6/h4-5,9H,3,15H2,1-2H3,(H,18,19). The topological polar surface area (TPSA) is 83.6 Å². The van der Waals surface area contributed by atoms with Crippen LogP contribution in [0.2, 0.25) is 10.0 Å². The van der Waals surface area contributed by atoms with Crippen molar-refractivity contribution in [2.24, 2.45) is 0 Å². The van der Waals surface area contributed by atoms with Crippen molar-refractivity contribution in [2.45, 2.75) is 19.4 Å². The lowest BCUT2D eigenvalue weighted by atomic mass is 10.1. The Morgan fingerprint density at radius 1 is 1.37 bits per heavy atom. The SMILES string of the molecule is CCC(C(=O)O)N(C)C(=O)c1cc(Cl)c(N)c(Cl)c1. The first-order valence-electron chi connectivity index (χ1n) is 5.54. The number of carboxylic acid groups (broad SMARTS) is 1. The van der Waals surface area contributed by atoms with Crippen LogP contribution in [0, 0.1) is 0 Å². The van der Waals surface area contributed by atoms with Gasteiger partial charge in [0.05, 0.1) is 15.7 Å². The Labute approximate surface area is 120 Å². The number of carbonyl (C=O) groups excluding carboxylic acids is 1. The number of hydrogen-bond donors (Lipinski definition) is 2. The minimum atomic E-state index is -1.06. The molecule has 0 saturated carbocycles. The van der Waals surface area contributed by atoms with Crippen molar-refractivity contribution >= 4 is 40.8 Å². The number of nitrogen functional groups attached to an aromatic ring is 1. The van der Waals surface area contributed by atoms with Gasteiger partial charge in [-0.3, -0.25) is 4.79 Å². The first-order valence-corrected chi connectivity index (χ1v) is 6.29. The van der Waals surface area contributed by atoms with Gasteiger partial charge in [-0.2, -0.15) is 0 Å². The molecular weight excluding hydrogens is 291 g/mol. The first-order chi connectivity index (χ1) is 8.79. The monoisotopic (exact) mass is 304 g/mol. The number of anilines is 1. The predicted molar refractivity (Wildman–Crippen MR) is 74.7 cm³/mol. The van der Waals surface area contributed by atoms with Crippen LogP contribution in [0.4, 0.5) is 5.69 Å². The molecule has 3 N–H and O–H groups in total. The van der Waals surface area contributed by atoms with Crippen molar-refractivity contribution < 1.29 is 14.7 Å².